The Hall–Kier alpha value is -0.860. The summed E-state index contributed by atoms with van der Waals surface area (Å²) in [6, 6.07) is 4.34. The third-order valence-corrected chi connectivity index (χ3v) is 3.42. The lowest BCUT2D eigenvalue weighted by Gasteiger charge is -2.27. The van der Waals surface area contributed by atoms with Crippen LogP contribution in [0, 0.1) is 20.8 Å². The highest BCUT2D eigenvalue weighted by Crippen LogP contribution is 2.24. The van der Waals surface area contributed by atoms with Crippen LogP contribution in [0.25, 0.3) is 0 Å². The molecular weight excluding hydrogens is 212 g/mol. The minimum Gasteiger partial charge on any atom is -0.387 e. The molecule has 2 heteroatoms. The predicted octanol–water partition coefficient (Wildman–Crippen LogP) is 2.94. The molecule has 0 fully saturated rings. The smallest absolute Gasteiger partial charge is 0.0917 e. The van der Waals surface area contributed by atoms with Gasteiger partial charge in [-0.15, -0.1) is 0 Å². The topological polar surface area (TPSA) is 29.5 Å². The molecule has 0 aromatic heterocycles. The van der Waals surface area contributed by atoms with E-state index in [1.54, 1.807) is 7.11 Å². The quantitative estimate of drug-likeness (QED) is 0.851. The highest BCUT2D eigenvalue weighted by atomic mass is 16.5. The predicted molar refractivity (Wildman–Crippen MR) is 71.5 cm³/mol. The minimum atomic E-state index is -0.750. The fourth-order valence-corrected chi connectivity index (χ4v) is 2.36. The van der Waals surface area contributed by atoms with Crippen molar-refractivity contribution in [3.8, 4) is 0 Å². The molecule has 0 amide bonds. The number of ether oxygens (including phenoxy) is 1. The van der Waals surface area contributed by atoms with Crippen LogP contribution in [0.2, 0.25) is 0 Å². The molecule has 0 heterocycles. The van der Waals surface area contributed by atoms with E-state index in [9.17, 15) is 5.11 Å². The second-order valence-electron chi connectivity index (χ2n) is 5.06. The largest absolute Gasteiger partial charge is 0.387 e. The van der Waals surface area contributed by atoms with Crippen molar-refractivity contribution in [2.45, 2.75) is 46.1 Å². The highest BCUT2D eigenvalue weighted by molar-refractivity contribution is 5.38. The summed E-state index contributed by atoms with van der Waals surface area (Å²) < 4.78 is 5.12. The Morgan fingerprint density at radius 2 is 1.71 bits per heavy atom. The Kier molecular flexibility index (Phi) is 4.72. The van der Waals surface area contributed by atoms with Crippen molar-refractivity contribution in [1.82, 2.24) is 0 Å². The first-order valence-corrected chi connectivity index (χ1v) is 6.20. The Morgan fingerprint density at radius 1 is 1.18 bits per heavy atom. The van der Waals surface area contributed by atoms with Gasteiger partial charge in [-0.2, -0.15) is 0 Å². The third-order valence-electron chi connectivity index (χ3n) is 3.42. The van der Waals surface area contributed by atoms with E-state index in [1.165, 1.54) is 22.3 Å². The van der Waals surface area contributed by atoms with Gasteiger partial charge >= 0.3 is 0 Å². The van der Waals surface area contributed by atoms with Gasteiger partial charge in [-0.05, 0) is 43.9 Å². The molecule has 1 rings (SSSR count). The Balaban J connectivity index is 3.01. The summed E-state index contributed by atoms with van der Waals surface area (Å²) in [6.07, 6.45) is 1.36. The standard InChI is InChI=1S/C15H24O2/c1-6-15(16,10-17-5)9-14-12(3)7-11(2)8-13(14)4/h7-8,16H,6,9-10H2,1-5H3. The number of methoxy groups -OCH3 is 1. The molecule has 0 radical (unpaired) electrons. The van der Waals surface area contributed by atoms with Crippen LogP contribution in [0.4, 0.5) is 0 Å². The van der Waals surface area contributed by atoms with Crippen molar-refractivity contribution >= 4 is 0 Å². The molecule has 17 heavy (non-hydrogen) atoms. The van der Waals surface area contributed by atoms with Crippen molar-refractivity contribution < 1.29 is 9.84 Å². The molecule has 96 valence electrons. The lowest BCUT2D eigenvalue weighted by atomic mass is 9.87. The molecular formula is C15H24O2. The summed E-state index contributed by atoms with van der Waals surface area (Å²) in [5.41, 5.74) is 4.28. The highest BCUT2D eigenvalue weighted by Gasteiger charge is 2.26. The molecule has 0 aliphatic heterocycles. The average molecular weight is 236 g/mol. The van der Waals surface area contributed by atoms with E-state index < -0.39 is 5.60 Å². The van der Waals surface area contributed by atoms with E-state index in [1.807, 2.05) is 6.92 Å². The molecule has 1 N–H and O–H groups in total. The third kappa shape index (κ3) is 3.55. The number of aryl methyl sites for hydroxylation is 3. The van der Waals surface area contributed by atoms with Crippen LogP contribution in [0.1, 0.15) is 35.6 Å². The summed E-state index contributed by atoms with van der Waals surface area (Å²) in [5.74, 6) is 0. The van der Waals surface area contributed by atoms with Crippen LogP contribution in [0.15, 0.2) is 12.1 Å². The second-order valence-corrected chi connectivity index (χ2v) is 5.06. The monoisotopic (exact) mass is 236 g/mol. The fraction of sp³-hybridized carbons (Fsp3) is 0.600. The SMILES string of the molecule is CCC(O)(COC)Cc1c(C)cc(C)cc1C. The first-order valence-electron chi connectivity index (χ1n) is 6.20. The summed E-state index contributed by atoms with van der Waals surface area (Å²) in [4.78, 5) is 0. The Morgan fingerprint density at radius 3 is 2.12 bits per heavy atom. The van der Waals surface area contributed by atoms with E-state index in [-0.39, 0.29) is 0 Å². The zero-order chi connectivity index (χ0) is 13.1. The summed E-state index contributed by atoms with van der Waals surface area (Å²) >= 11 is 0. The summed E-state index contributed by atoms with van der Waals surface area (Å²) in [5, 5.41) is 10.5. The lowest BCUT2D eigenvalue weighted by molar-refractivity contribution is -0.0335. The zero-order valence-corrected chi connectivity index (χ0v) is 11.6. The molecule has 1 unspecified atom stereocenters. The zero-order valence-electron chi connectivity index (χ0n) is 11.6. The van der Waals surface area contributed by atoms with Crippen molar-refractivity contribution in [2.75, 3.05) is 13.7 Å². The fourth-order valence-electron chi connectivity index (χ4n) is 2.36. The molecule has 1 aromatic carbocycles. The molecule has 0 bridgehead atoms. The van der Waals surface area contributed by atoms with Gasteiger partial charge in [0.15, 0.2) is 0 Å². The van der Waals surface area contributed by atoms with Gasteiger partial charge < -0.3 is 9.84 Å². The van der Waals surface area contributed by atoms with Gasteiger partial charge in [0.2, 0.25) is 0 Å². The van der Waals surface area contributed by atoms with Crippen molar-refractivity contribution in [1.29, 1.82) is 0 Å². The van der Waals surface area contributed by atoms with E-state index in [4.69, 9.17) is 4.74 Å². The van der Waals surface area contributed by atoms with E-state index >= 15 is 0 Å². The summed E-state index contributed by atoms with van der Waals surface area (Å²) in [6.45, 7) is 8.70. The number of aliphatic hydroxyl groups is 1. The first-order chi connectivity index (χ1) is 7.91. The number of hydrogen-bond donors (Lipinski definition) is 1. The van der Waals surface area contributed by atoms with E-state index in [0.717, 1.165) is 0 Å². The first kappa shape index (κ1) is 14.2. The average Bonchev–Trinajstić information content (AvgIpc) is 2.24. The van der Waals surface area contributed by atoms with Gasteiger partial charge in [0.25, 0.3) is 0 Å². The van der Waals surface area contributed by atoms with Crippen LogP contribution >= 0.6 is 0 Å². The number of rotatable bonds is 5. The second kappa shape index (κ2) is 5.65. The normalized spacial score (nSPS) is 14.7. The molecule has 0 saturated heterocycles. The molecule has 0 aliphatic rings. The van der Waals surface area contributed by atoms with Crippen LogP contribution in [-0.2, 0) is 11.2 Å². The Bertz CT molecular complexity index is 362. The van der Waals surface area contributed by atoms with Gasteiger partial charge in [-0.3, -0.25) is 0 Å². The van der Waals surface area contributed by atoms with Gasteiger partial charge in [0.1, 0.15) is 0 Å². The number of benzene rings is 1. The maximum absolute atomic E-state index is 10.5. The Labute approximate surface area is 105 Å². The lowest BCUT2D eigenvalue weighted by Crippen LogP contribution is -2.36. The molecule has 0 saturated carbocycles. The maximum Gasteiger partial charge on any atom is 0.0917 e. The summed E-state index contributed by atoms with van der Waals surface area (Å²) in [7, 11) is 1.63. The van der Waals surface area contributed by atoms with Gasteiger partial charge in [0.05, 0.1) is 12.2 Å². The van der Waals surface area contributed by atoms with Crippen LogP contribution in [-0.4, -0.2) is 24.4 Å². The van der Waals surface area contributed by atoms with Gasteiger partial charge in [0, 0.05) is 13.5 Å². The van der Waals surface area contributed by atoms with Crippen molar-refractivity contribution in [2.24, 2.45) is 0 Å². The molecule has 0 spiro atoms. The van der Waals surface area contributed by atoms with Crippen LogP contribution in [0.5, 0.6) is 0 Å². The molecule has 1 aromatic rings. The molecule has 0 aliphatic carbocycles. The maximum atomic E-state index is 10.5. The number of hydrogen-bond acceptors (Lipinski definition) is 2. The van der Waals surface area contributed by atoms with Crippen molar-refractivity contribution in [3.05, 3.63) is 34.4 Å². The van der Waals surface area contributed by atoms with Crippen molar-refractivity contribution in [3.63, 3.8) is 0 Å². The minimum absolute atomic E-state index is 0.385. The molecule has 1 atom stereocenters. The van der Waals surface area contributed by atoms with E-state index in [0.29, 0.717) is 19.4 Å². The molecule has 2 nitrogen and oxygen atoms in total. The van der Waals surface area contributed by atoms with Gasteiger partial charge in [-0.25, -0.2) is 0 Å². The van der Waals surface area contributed by atoms with Crippen LogP contribution in [0.3, 0.4) is 0 Å². The van der Waals surface area contributed by atoms with Crippen LogP contribution < -0.4 is 0 Å². The van der Waals surface area contributed by atoms with E-state index in [2.05, 4.69) is 32.9 Å². The van der Waals surface area contributed by atoms with Gasteiger partial charge in [-0.1, -0.05) is 24.6 Å².